The Morgan fingerprint density at radius 2 is 2.20 bits per heavy atom. The van der Waals surface area contributed by atoms with Crippen molar-refractivity contribution < 1.29 is 14.7 Å². The number of rotatable bonds is 4. The van der Waals surface area contributed by atoms with E-state index >= 15 is 0 Å². The number of amides is 1. The second-order valence-corrected chi connectivity index (χ2v) is 1.87. The summed E-state index contributed by atoms with van der Waals surface area (Å²) >= 11 is 4.37. The van der Waals surface area contributed by atoms with Gasteiger partial charge in [0.25, 0.3) is 0 Å². The molecule has 56 valence electrons. The third kappa shape index (κ3) is 5.17. The lowest BCUT2D eigenvalue weighted by Crippen LogP contribution is -2.28. The Hall–Kier alpha value is -0.970. The van der Waals surface area contributed by atoms with Crippen LogP contribution >= 0.6 is 12.2 Å². The number of aliphatic carboxylic acids is 1. The highest BCUT2D eigenvalue weighted by molar-refractivity contribution is 7.79. The molecule has 0 saturated carbocycles. The molecule has 0 aromatic heterocycles. The second-order valence-electron chi connectivity index (χ2n) is 1.54. The fourth-order valence-electron chi connectivity index (χ4n) is 0.322. The summed E-state index contributed by atoms with van der Waals surface area (Å²) in [7, 11) is 0. The van der Waals surface area contributed by atoms with E-state index in [0.717, 1.165) is 0 Å². The molecule has 0 heterocycles. The van der Waals surface area contributed by atoms with Crippen LogP contribution in [0.4, 0.5) is 0 Å². The Bertz CT molecular complexity index is 157. The number of nitrogens with one attached hydrogen (secondary N) is 1. The number of carbonyl (C=O) groups excluding carboxylic acids is 1. The third-order valence-electron chi connectivity index (χ3n) is 0.706. The van der Waals surface area contributed by atoms with Crippen molar-refractivity contribution in [3.05, 3.63) is 0 Å². The first-order chi connectivity index (χ1) is 4.66. The third-order valence-corrected chi connectivity index (χ3v) is 0.872. The average molecular weight is 161 g/mol. The summed E-state index contributed by atoms with van der Waals surface area (Å²) < 4.78 is 0. The molecule has 0 fully saturated rings. The maximum Gasteiger partial charge on any atom is 0.322 e. The summed E-state index contributed by atoms with van der Waals surface area (Å²) in [6.07, 6.45) is 0.0859. The molecule has 1 amide bonds. The number of hydrogen-bond acceptors (Lipinski definition) is 3. The van der Waals surface area contributed by atoms with Gasteiger partial charge in [-0.3, -0.25) is 9.59 Å². The van der Waals surface area contributed by atoms with Crippen molar-refractivity contribution in [3.8, 4) is 0 Å². The first-order valence-corrected chi connectivity index (χ1v) is 3.06. The van der Waals surface area contributed by atoms with E-state index in [1.54, 1.807) is 0 Å². The maximum absolute atomic E-state index is 10.5. The summed E-state index contributed by atoms with van der Waals surface area (Å²) in [5.74, 6) is -1.42. The predicted molar refractivity (Wildman–Crippen MR) is 38.9 cm³/mol. The number of thiocarbonyl (C=S) groups is 1. The van der Waals surface area contributed by atoms with E-state index in [4.69, 9.17) is 5.11 Å². The molecule has 0 aliphatic rings. The van der Waals surface area contributed by atoms with Crippen molar-refractivity contribution in [1.29, 1.82) is 0 Å². The van der Waals surface area contributed by atoms with Crippen LogP contribution in [0, 0.1) is 0 Å². The van der Waals surface area contributed by atoms with Crippen LogP contribution in [-0.2, 0) is 9.59 Å². The van der Waals surface area contributed by atoms with E-state index < -0.39 is 5.97 Å². The molecule has 0 spiro atoms. The Morgan fingerprint density at radius 1 is 1.60 bits per heavy atom. The van der Waals surface area contributed by atoms with Crippen molar-refractivity contribution in [2.45, 2.75) is 6.42 Å². The van der Waals surface area contributed by atoms with Crippen LogP contribution < -0.4 is 5.32 Å². The molecule has 0 bridgehead atoms. The van der Waals surface area contributed by atoms with Crippen LogP contribution in [0.3, 0.4) is 0 Å². The quantitative estimate of drug-likeness (QED) is 0.549. The van der Waals surface area contributed by atoms with Crippen molar-refractivity contribution in [3.63, 3.8) is 0 Å². The Kier molecular flexibility index (Phi) is 4.39. The first kappa shape index (κ1) is 9.03. The predicted octanol–water partition coefficient (Wildman–Crippen LogP) is -0.423. The molecule has 0 aliphatic carbocycles. The fraction of sp³-hybridized carbons (Fsp3) is 0.400. The van der Waals surface area contributed by atoms with Crippen molar-refractivity contribution >= 4 is 29.5 Å². The minimum Gasteiger partial charge on any atom is -0.480 e. The minimum atomic E-state index is -1.06. The first-order valence-electron chi connectivity index (χ1n) is 2.59. The molecule has 2 N–H and O–H groups in total. The van der Waals surface area contributed by atoms with Gasteiger partial charge in [-0.25, -0.2) is 0 Å². The lowest BCUT2D eigenvalue weighted by molar-refractivity contribution is -0.137. The molecule has 0 rings (SSSR count). The van der Waals surface area contributed by atoms with E-state index in [0.29, 0.717) is 0 Å². The Labute approximate surface area is 63.2 Å². The number of carboxylic acids is 1. The normalized spacial score (nSPS) is 8.40. The van der Waals surface area contributed by atoms with E-state index in [-0.39, 0.29) is 18.9 Å². The molecule has 10 heavy (non-hydrogen) atoms. The summed E-state index contributed by atoms with van der Waals surface area (Å²) in [6.45, 7) is -0.345. The molecule has 0 saturated heterocycles. The molecular weight excluding hydrogens is 154 g/mol. The van der Waals surface area contributed by atoms with Gasteiger partial charge in [0.15, 0.2) is 0 Å². The summed E-state index contributed by atoms with van der Waals surface area (Å²) in [5.41, 5.74) is 0. The maximum atomic E-state index is 10.5. The molecule has 0 aromatic carbocycles. The van der Waals surface area contributed by atoms with E-state index in [1.807, 2.05) is 0 Å². The van der Waals surface area contributed by atoms with Gasteiger partial charge in [0.2, 0.25) is 5.91 Å². The lowest BCUT2D eigenvalue weighted by atomic mass is 10.4. The van der Waals surface area contributed by atoms with Crippen molar-refractivity contribution in [1.82, 2.24) is 5.32 Å². The Morgan fingerprint density at radius 3 is 2.60 bits per heavy atom. The molecule has 0 aromatic rings. The van der Waals surface area contributed by atoms with Gasteiger partial charge in [-0.15, -0.1) is 0 Å². The van der Waals surface area contributed by atoms with Gasteiger partial charge >= 0.3 is 5.97 Å². The zero-order valence-electron chi connectivity index (χ0n) is 5.16. The fourth-order valence-corrected chi connectivity index (χ4v) is 0.473. The zero-order chi connectivity index (χ0) is 7.98. The largest absolute Gasteiger partial charge is 0.480 e. The van der Waals surface area contributed by atoms with Crippen LogP contribution in [0.15, 0.2) is 0 Å². The smallest absolute Gasteiger partial charge is 0.322 e. The highest BCUT2D eigenvalue weighted by atomic mass is 32.1. The Balaban J connectivity index is 3.39. The van der Waals surface area contributed by atoms with Crippen LogP contribution in [0.2, 0.25) is 0 Å². The minimum absolute atomic E-state index is 0.0859. The highest BCUT2D eigenvalue weighted by Crippen LogP contribution is 1.73. The molecule has 4 nitrogen and oxygen atoms in total. The molecule has 0 aliphatic heterocycles. The van der Waals surface area contributed by atoms with Crippen LogP contribution in [0.1, 0.15) is 6.42 Å². The van der Waals surface area contributed by atoms with Crippen molar-refractivity contribution in [2.24, 2.45) is 0 Å². The molecular formula is C5H7NO3S. The van der Waals surface area contributed by atoms with Gasteiger partial charge in [0, 0.05) is 0 Å². The standard InChI is InChI=1S/C5H7NO3S/c7-4(1-2-10)6-3-5(8)9/h2H,1,3H2,(H,6,7)(H,8,9). The lowest BCUT2D eigenvalue weighted by Gasteiger charge is -1.96. The molecule has 0 radical (unpaired) electrons. The zero-order valence-corrected chi connectivity index (χ0v) is 5.98. The SMILES string of the molecule is O=C(O)CNC(=O)CC=S. The van der Waals surface area contributed by atoms with Gasteiger partial charge in [-0.2, -0.15) is 0 Å². The van der Waals surface area contributed by atoms with Gasteiger partial charge in [-0.1, -0.05) is 12.2 Å². The van der Waals surface area contributed by atoms with Gasteiger partial charge in [0.1, 0.15) is 6.54 Å². The number of hydrogen-bond donors (Lipinski definition) is 2. The average Bonchev–Trinajstić information content (AvgIpc) is 1.85. The van der Waals surface area contributed by atoms with Gasteiger partial charge < -0.3 is 10.4 Å². The van der Waals surface area contributed by atoms with Crippen LogP contribution in [-0.4, -0.2) is 28.9 Å². The molecule has 0 atom stereocenters. The summed E-state index contributed by atoms with van der Waals surface area (Å²) in [4.78, 5) is 20.3. The van der Waals surface area contributed by atoms with Crippen LogP contribution in [0.25, 0.3) is 0 Å². The van der Waals surface area contributed by atoms with Gasteiger partial charge in [0.05, 0.1) is 6.42 Å². The van der Waals surface area contributed by atoms with Crippen molar-refractivity contribution in [2.75, 3.05) is 6.54 Å². The summed E-state index contributed by atoms with van der Waals surface area (Å²) in [6, 6.07) is 0. The number of carbonyl (C=O) groups is 2. The molecule has 0 unspecified atom stereocenters. The molecule has 5 heteroatoms. The van der Waals surface area contributed by atoms with Crippen LogP contribution in [0.5, 0.6) is 0 Å². The number of carboxylic acid groups (broad SMARTS) is 1. The van der Waals surface area contributed by atoms with E-state index in [1.165, 1.54) is 5.37 Å². The van der Waals surface area contributed by atoms with E-state index in [2.05, 4.69) is 17.5 Å². The monoisotopic (exact) mass is 161 g/mol. The van der Waals surface area contributed by atoms with E-state index in [9.17, 15) is 9.59 Å². The van der Waals surface area contributed by atoms with Gasteiger partial charge in [-0.05, 0) is 5.37 Å². The highest BCUT2D eigenvalue weighted by Gasteiger charge is 1.99. The topological polar surface area (TPSA) is 66.4 Å². The summed E-state index contributed by atoms with van der Waals surface area (Å²) in [5, 5.41) is 11.5. The second kappa shape index (κ2) is 4.87.